The van der Waals surface area contributed by atoms with Crippen molar-refractivity contribution in [3.05, 3.63) is 30.0 Å². The Kier molecular flexibility index (Phi) is 1.92. The van der Waals surface area contributed by atoms with Crippen LogP contribution in [0.25, 0.3) is 10.9 Å². The Balaban J connectivity index is 1.96. The fourth-order valence-electron chi connectivity index (χ4n) is 1.71. The van der Waals surface area contributed by atoms with E-state index in [1.54, 1.807) is 6.20 Å². The molecule has 0 unspecified atom stereocenters. The van der Waals surface area contributed by atoms with E-state index in [2.05, 4.69) is 20.3 Å². The smallest absolute Gasteiger partial charge is 0.152 e. The van der Waals surface area contributed by atoms with Crippen molar-refractivity contribution in [1.29, 1.82) is 0 Å². The van der Waals surface area contributed by atoms with Gasteiger partial charge in [0.1, 0.15) is 5.52 Å². The number of rotatable bonds is 2. The lowest BCUT2D eigenvalue weighted by Gasteiger charge is -1.98. The molecule has 0 saturated carbocycles. The summed E-state index contributed by atoms with van der Waals surface area (Å²) in [4.78, 5) is 5.00. The molecule has 16 heavy (non-hydrogen) atoms. The maximum atomic E-state index is 9.33. The van der Waals surface area contributed by atoms with Crippen LogP contribution in [0.1, 0.15) is 5.56 Å². The van der Waals surface area contributed by atoms with Crippen LogP contribution >= 0.6 is 0 Å². The Hall–Kier alpha value is -2.24. The van der Waals surface area contributed by atoms with Gasteiger partial charge in [-0.15, -0.1) is 15.1 Å². The highest BCUT2D eigenvalue weighted by atomic mass is 16.5. The minimum Gasteiger partial charge on any atom is -0.411 e. The molecular weight excluding hydrogens is 206 g/mol. The first kappa shape index (κ1) is 9.02. The molecule has 0 fully saturated rings. The Morgan fingerprint density at radius 1 is 1.38 bits per heavy atom. The van der Waals surface area contributed by atoms with E-state index < -0.39 is 0 Å². The topological polar surface area (TPSA) is 75.1 Å². The predicted molar refractivity (Wildman–Crippen MR) is 57.8 cm³/mol. The van der Waals surface area contributed by atoms with Crippen LogP contribution in [0.4, 0.5) is 0 Å². The van der Waals surface area contributed by atoms with Crippen LogP contribution in [0.3, 0.4) is 0 Å². The van der Waals surface area contributed by atoms with E-state index in [0.29, 0.717) is 18.6 Å². The molecule has 1 aliphatic rings. The maximum absolute atomic E-state index is 9.33. The number of amidine groups is 1. The van der Waals surface area contributed by atoms with Gasteiger partial charge in [0.2, 0.25) is 0 Å². The number of nitrogens with zero attached hydrogens (tertiary/aromatic N) is 5. The second-order valence-electron chi connectivity index (χ2n) is 3.56. The molecule has 2 heterocycles. The third-order valence-corrected chi connectivity index (χ3v) is 2.48. The molecule has 0 atom stereocenters. The van der Waals surface area contributed by atoms with Crippen LogP contribution in [-0.4, -0.2) is 27.7 Å². The van der Waals surface area contributed by atoms with Crippen molar-refractivity contribution >= 4 is 16.7 Å². The van der Waals surface area contributed by atoms with E-state index in [4.69, 9.17) is 0 Å². The summed E-state index contributed by atoms with van der Waals surface area (Å²) in [5.74, 6) is 0.746. The second-order valence-corrected chi connectivity index (χ2v) is 3.56. The van der Waals surface area contributed by atoms with Crippen LogP contribution in [0.2, 0.25) is 0 Å². The van der Waals surface area contributed by atoms with E-state index in [1.165, 1.54) is 0 Å². The minimum atomic E-state index is 0.437. The lowest BCUT2D eigenvalue weighted by molar-refractivity contribution is 0.161. The highest BCUT2D eigenvalue weighted by Gasteiger charge is 2.06. The molecule has 1 aromatic carbocycles. The quantitative estimate of drug-likeness (QED) is 0.773. The third kappa shape index (κ3) is 1.44. The lowest BCUT2D eigenvalue weighted by Crippen LogP contribution is -1.97. The lowest BCUT2D eigenvalue weighted by atomic mass is 10.1. The SMILES string of the molecule is On1ncc2cc(CC3=NCN=N3)ccc21. The van der Waals surface area contributed by atoms with E-state index in [0.717, 1.165) is 21.6 Å². The summed E-state index contributed by atoms with van der Waals surface area (Å²) >= 11 is 0. The van der Waals surface area contributed by atoms with Gasteiger partial charge in [-0.3, -0.25) is 0 Å². The van der Waals surface area contributed by atoms with Crippen LogP contribution in [0, 0.1) is 0 Å². The van der Waals surface area contributed by atoms with Crippen LogP contribution in [0.15, 0.2) is 39.6 Å². The molecule has 0 aliphatic carbocycles. The van der Waals surface area contributed by atoms with E-state index >= 15 is 0 Å². The average molecular weight is 215 g/mol. The van der Waals surface area contributed by atoms with Crippen LogP contribution < -0.4 is 0 Å². The van der Waals surface area contributed by atoms with E-state index in [1.807, 2.05) is 18.2 Å². The van der Waals surface area contributed by atoms with Gasteiger partial charge >= 0.3 is 0 Å². The molecular formula is C10H9N5O. The molecule has 6 nitrogen and oxygen atoms in total. The first-order valence-corrected chi connectivity index (χ1v) is 4.90. The molecule has 2 aromatic rings. The molecule has 1 aliphatic heterocycles. The van der Waals surface area contributed by atoms with Gasteiger partial charge in [0.25, 0.3) is 0 Å². The number of hydrogen-bond donors (Lipinski definition) is 1. The summed E-state index contributed by atoms with van der Waals surface area (Å²) in [6, 6.07) is 5.71. The maximum Gasteiger partial charge on any atom is 0.152 e. The first-order chi connectivity index (χ1) is 7.83. The van der Waals surface area contributed by atoms with E-state index in [-0.39, 0.29) is 0 Å². The number of fused-ring (bicyclic) bond motifs is 1. The predicted octanol–water partition coefficient (Wildman–Crippen LogP) is 1.64. The van der Waals surface area contributed by atoms with Gasteiger partial charge < -0.3 is 5.21 Å². The highest BCUT2D eigenvalue weighted by Crippen LogP contribution is 2.16. The zero-order chi connectivity index (χ0) is 11.0. The molecule has 0 spiro atoms. The van der Waals surface area contributed by atoms with Gasteiger partial charge in [0.15, 0.2) is 12.5 Å². The minimum absolute atomic E-state index is 0.437. The largest absolute Gasteiger partial charge is 0.411 e. The fraction of sp³-hybridized carbons (Fsp3) is 0.200. The zero-order valence-electron chi connectivity index (χ0n) is 8.41. The standard InChI is InChI=1S/C10H9N5O/c16-15-9-2-1-7(3-8(9)5-13-15)4-10-11-6-12-14-10/h1-3,5,16H,4,6H2. The summed E-state index contributed by atoms with van der Waals surface area (Å²) in [5.41, 5.74) is 1.78. The Labute approximate surface area is 90.9 Å². The third-order valence-electron chi connectivity index (χ3n) is 2.48. The summed E-state index contributed by atoms with van der Waals surface area (Å²) < 4.78 is 0. The summed E-state index contributed by atoms with van der Waals surface area (Å²) in [6.45, 7) is 0.437. The molecule has 0 bridgehead atoms. The number of aromatic nitrogens is 2. The molecule has 6 heteroatoms. The van der Waals surface area contributed by atoms with Gasteiger partial charge in [-0.2, -0.15) is 5.11 Å². The zero-order valence-corrected chi connectivity index (χ0v) is 8.41. The van der Waals surface area contributed by atoms with Crippen molar-refractivity contribution in [1.82, 2.24) is 9.94 Å². The van der Waals surface area contributed by atoms with Crippen molar-refractivity contribution in [3.8, 4) is 0 Å². The van der Waals surface area contributed by atoms with Crippen molar-refractivity contribution in [2.75, 3.05) is 6.67 Å². The van der Waals surface area contributed by atoms with Gasteiger partial charge in [0.05, 0.1) is 6.20 Å². The number of azo groups is 1. The van der Waals surface area contributed by atoms with Crippen molar-refractivity contribution < 1.29 is 5.21 Å². The van der Waals surface area contributed by atoms with Gasteiger partial charge in [-0.1, -0.05) is 6.07 Å². The van der Waals surface area contributed by atoms with Crippen molar-refractivity contribution in [2.24, 2.45) is 15.2 Å². The first-order valence-electron chi connectivity index (χ1n) is 4.90. The number of benzene rings is 1. The van der Waals surface area contributed by atoms with Crippen LogP contribution in [-0.2, 0) is 6.42 Å². The molecule has 80 valence electrons. The Morgan fingerprint density at radius 3 is 3.12 bits per heavy atom. The van der Waals surface area contributed by atoms with Crippen molar-refractivity contribution in [2.45, 2.75) is 6.42 Å². The Bertz CT molecular complexity index is 598. The summed E-state index contributed by atoms with van der Waals surface area (Å²) in [5, 5.41) is 21.7. The summed E-state index contributed by atoms with van der Waals surface area (Å²) in [7, 11) is 0. The number of aliphatic imine (C=N–C) groups is 1. The molecule has 0 saturated heterocycles. The van der Waals surface area contributed by atoms with Gasteiger partial charge in [-0.05, 0) is 17.7 Å². The van der Waals surface area contributed by atoms with E-state index in [9.17, 15) is 5.21 Å². The monoisotopic (exact) mass is 215 g/mol. The number of hydrogen-bond acceptors (Lipinski definition) is 5. The Morgan fingerprint density at radius 2 is 2.31 bits per heavy atom. The molecule has 0 amide bonds. The van der Waals surface area contributed by atoms with Gasteiger partial charge in [0, 0.05) is 11.8 Å². The van der Waals surface area contributed by atoms with Crippen LogP contribution in [0.5, 0.6) is 0 Å². The molecule has 1 N–H and O–H groups in total. The van der Waals surface area contributed by atoms with Gasteiger partial charge in [-0.25, -0.2) is 4.99 Å². The molecule has 0 radical (unpaired) electrons. The molecule has 3 rings (SSSR count). The normalized spacial score (nSPS) is 14.6. The fourth-order valence-corrected chi connectivity index (χ4v) is 1.71. The summed E-state index contributed by atoms with van der Waals surface area (Å²) in [6.07, 6.45) is 2.28. The highest BCUT2D eigenvalue weighted by molar-refractivity contribution is 5.87. The average Bonchev–Trinajstić information content (AvgIpc) is 2.90. The molecule has 1 aromatic heterocycles. The van der Waals surface area contributed by atoms with Crippen molar-refractivity contribution in [3.63, 3.8) is 0 Å². The second kappa shape index (κ2) is 3.41.